The number of amides is 1. The molecule has 0 bridgehead atoms. The average molecular weight is 368 g/mol. The van der Waals surface area contributed by atoms with Crippen molar-refractivity contribution in [2.75, 3.05) is 13.6 Å². The number of benzene rings is 1. The molecule has 0 saturated heterocycles. The lowest BCUT2D eigenvalue weighted by Crippen LogP contribution is -2.33. The van der Waals surface area contributed by atoms with Gasteiger partial charge in [-0.2, -0.15) is 0 Å². The smallest absolute Gasteiger partial charge is 0.303 e. The fourth-order valence-electron chi connectivity index (χ4n) is 2.92. The number of aliphatic carboxylic acids is 1. The largest absolute Gasteiger partial charge is 0.481 e. The fraction of sp³-hybridized carbons (Fsp3) is 0.529. The van der Waals surface area contributed by atoms with E-state index < -0.39 is 16.0 Å². The minimum absolute atomic E-state index is 0.0165. The van der Waals surface area contributed by atoms with Crippen LogP contribution < -0.4 is 4.72 Å². The molecule has 2 N–H and O–H groups in total. The molecule has 0 radical (unpaired) electrons. The molecule has 138 valence electrons. The molecule has 1 aromatic carbocycles. The molecule has 1 fully saturated rings. The van der Waals surface area contributed by atoms with Gasteiger partial charge in [-0.25, -0.2) is 13.1 Å². The van der Waals surface area contributed by atoms with Crippen LogP contribution in [0.25, 0.3) is 0 Å². The van der Waals surface area contributed by atoms with E-state index in [1.165, 1.54) is 17.0 Å². The number of carboxylic acid groups (broad SMARTS) is 1. The van der Waals surface area contributed by atoms with Gasteiger partial charge in [0.1, 0.15) is 0 Å². The van der Waals surface area contributed by atoms with E-state index in [0.717, 1.165) is 25.7 Å². The summed E-state index contributed by atoms with van der Waals surface area (Å²) in [5.41, 5.74) is 0.270. The van der Waals surface area contributed by atoms with Gasteiger partial charge in [-0.1, -0.05) is 18.9 Å². The summed E-state index contributed by atoms with van der Waals surface area (Å²) in [6.07, 6.45) is 4.05. The number of carbonyl (C=O) groups excluding carboxylic acids is 1. The van der Waals surface area contributed by atoms with Crippen LogP contribution in [-0.2, 0) is 14.8 Å². The third kappa shape index (κ3) is 5.54. The Morgan fingerprint density at radius 3 is 2.60 bits per heavy atom. The van der Waals surface area contributed by atoms with Gasteiger partial charge in [0.15, 0.2) is 0 Å². The van der Waals surface area contributed by atoms with E-state index in [4.69, 9.17) is 5.11 Å². The standard InChI is InChI=1S/C17H24N2O5S/c1-19(11-5-10-16(20)21)17(22)13-6-4-9-15(12-13)25(23,24)18-14-7-2-3-8-14/h4,6,9,12,14,18H,2-3,5,7-8,10-11H2,1H3,(H,20,21). The second-order valence-electron chi connectivity index (χ2n) is 6.35. The molecule has 1 aromatic rings. The van der Waals surface area contributed by atoms with Crippen molar-refractivity contribution in [1.29, 1.82) is 0 Å². The lowest BCUT2D eigenvalue weighted by molar-refractivity contribution is -0.137. The second kappa shape index (κ2) is 8.44. The van der Waals surface area contributed by atoms with Crippen molar-refractivity contribution in [3.8, 4) is 0 Å². The van der Waals surface area contributed by atoms with Gasteiger partial charge in [0, 0.05) is 31.6 Å². The second-order valence-corrected chi connectivity index (χ2v) is 8.07. The van der Waals surface area contributed by atoms with Crippen LogP contribution in [0, 0.1) is 0 Å². The van der Waals surface area contributed by atoms with Crippen molar-refractivity contribution >= 4 is 21.9 Å². The van der Waals surface area contributed by atoms with Crippen molar-refractivity contribution in [2.24, 2.45) is 0 Å². The number of hydrogen-bond acceptors (Lipinski definition) is 4. The van der Waals surface area contributed by atoms with Gasteiger partial charge in [-0.05, 0) is 37.5 Å². The van der Waals surface area contributed by atoms with E-state index in [9.17, 15) is 18.0 Å². The van der Waals surface area contributed by atoms with E-state index in [1.807, 2.05) is 0 Å². The quantitative estimate of drug-likeness (QED) is 0.729. The number of nitrogens with zero attached hydrogens (tertiary/aromatic N) is 1. The Hall–Kier alpha value is -1.93. The Labute approximate surface area is 148 Å². The highest BCUT2D eigenvalue weighted by Gasteiger charge is 2.24. The van der Waals surface area contributed by atoms with Gasteiger partial charge < -0.3 is 10.0 Å². The van der Waals surface area contributed by atoms with Gasteiger partial charge in [0.05, 0.1) is 4.90 Å². The van der Waals surface area contributed by atoms with E-state index in [1.54, 1.807) is 19.2 Å². The molecule has 0 spiro atoms. The third-order valence-corrected chi connectivity index (χ3v) is 5.82. The summed E-state index contributed by atoms with van der Waals surface area (Å²) in [4.78, 5) is 24.4. The Kier molecular flexibility index (Phi) is 6.55. The molecule has 0 unspecified atom stereocenters. The molecule has 2 rings (SSSR count). The van der Waals surface area contributed by atoms with E-state index in [0.29, 0.717) is 13.0 Å². The Balaban J connectivity index is 2.06. The molecule has 1 amide bonds. The molecule has 0 heterocycles. The lowest BCUT2D eigenvalue weighted by Gasteiger charge is -2.17. The van der Waals surface area contributed by atoms with Crippen LogP contribution in [0.2, 0.25) is 0 Å². The van der Waals surface area contributed by atoms with Crippen LogP contribution in [0.4, 0.5) is 0 Å². The Morgan fingerprint density at radius 1 is 1.28 bits per heavy atom. The maximum Gasteiger partial charge on any atom is 0.303 e. The van der Waals surface area contributed by atoms with Crippen molar-refractivity contribution in [3.63, 3.8) is 0 Å². The monoisotopic (exact) mass is 368 g/mol. The fourth-order valence-corrected chi connectivity index (χ4v) is 4.27. The zero-order chi connectivity index (χ0) is 18.4. The summed E-state index contributed by atoms with van der Waals surface area (Å²) < 4.78 is 27.7. The van der Waals surface area contributed by atoms with Gasteiger partial charge >= 0.3 is 5.97 Å². The van der Waals surface area contributed by atoms with E-state index in [-0.39, 0.29) is 28.8 Å². The summed E-state index contributed by atoms with van der Waals surface area (Å²) in [6.45, 7) is 0.294. The molecule has 25 heavy (non-hydrogen) atoms. The number of carboxylic acids is 1. The zero-order valence-corrected chi connectivity index (χ0v) is 15.1. The van der Waals surface area contributed by atoms with Crippen molar-refractivity contribution in [2.45, 2.75) is 49.5 Å². The molecule has 1 saturated carbocycles. The van der Waals surface area contributed by atoms with Gasteiger partial charge in [0.2, 0.25) is 10.0 Å². The summed E-state index contributed by atoms with van der Waals surface area (Å²) >= 11 is 0. The van der Waals surface area contributed by atoms with Crippen LogP contribution >= 0.6 is 0 Å². The number of hydrogen-bond donors (Lipinski definition) is 2. The Morgan fingerprint density at radius 2 is 1.96 bits per heavy atom. The van der Waals surface area contributed by atoms with Crippen molar-refractivity contribution in [1.82, 2.24) is 9.62 Å². The topological polar surface area (TPSA) is 104 Å². The van der Waals surface area contributed by atoms with Gasteiger partial charge in [-0.3, -0.25) is 9.59 Å². The lowest BCUT2D eigenvalue weighted by atomic mass is 10.2. The van der Waals surface area contributed by atoms with Crippen LogP contribution in [0.3, 0.4) is 0 Å². The summed E-state index contributed by atoms with van der Waals surface area (Å²) in [5.74, 6) is -1.24. The first-order chi connectivity index (χ1) is 11.8. The molecule has 1 aliphatic carbocycles. The van der Waals surface area contributed by atoms with Crippen LogP contribution in [0.1, 0.15) is 48.9 Å². The first-order valence-electron chi connectivity index (χ1n) is 8.39. The number of rotatable bonds is 8. The molecule has 0 aliphatic heterocycles. The molecule has 1 aliphatic rings. The first kappa shape index (κ1) is 19.4. The van der Waals surface area contributed by atoms with Gasteiger partial charge in [0.25, 0.3) is 5.91 Å². The SMILES string of the molecule is CN(CCCC(=O)O)C(=O)c1cccc(S(=O)(=O)NC2CCCC2)c1. The first-order valence-corrected chi connectivity index (χ1v) is 9.87. The number of carbonyl (C=O) groups is 2. The summed E-state index contributed by atoms with van der Waals surface area (Å²) in [5, 5.41) is 8.65. The predicted octanol–water partition coefficient (Wildman–Crippen LogP) is 1.84. The van der Waals surface area contributed by atoms with E-state index in [2.05, 4.69) is 4.72 Å². The van der Waals surface area contributed by atoms with E-state index >= 15 is 0 Å². The highest BCUT2D eigenvalue weighted by molar-refractivity contribution is 7.89. The predicted molar refractivity (Wildman–Crippen MR) is 92.8 cm³/mol. The third-order valence-electron chi connectivity index (χ3n) is 4.30. The number of nitrogens with one attached hydrogen (secondary N) is 1. The zero-order valence-electron chi connectivity index (χ0n) is 14.3. The van der Waals surface area contributed by atoms with Crippen LogP contribution in [-0.4, -0.2) is 49.9 Å². The minimum Gasteiger partial charge on any atom is -0.481 e. The normalized spacial score (nSPS) is 15.2. The minimum atomic E-state index is -3.65. The molecular weight excluding hydrogens is 344 g/mol. The van der Waals surface area contributed by atoms with Crippen LogP contribution in [0.5, 0.6) is 0 Å². The molecular formula is C17H24N2O5S. The highest BCUT2D eigenvalue weighted by atomic mass is 32.2. The average Bonchev–Trinajstić information content (AvgIpc) is 3.06. The molecule has 0 aromatic heterocycles. The number of sulfonamides is 1. The summed E-state index contributed by atoms with van der Waals surface area (Å²) in [6, 6.07) is 5.90. The molecule has 8 heteroatoms. The van der Waals surface area contributed by atoms with Crippen molar-refractivity contribution < 1.29 is 23.1 Å². The summed E-state index contributed by atoms with van der Waals surface area (Å²) in [7, 11) is -2.08. The van der Waals surface area contributed by atoms with Gasteiger partial charge in [-0.15, -0.1) is 0 Å². The highest BCUT2D eigenvalue weighted by Crippen LogP contribution is 2.21. The van der Waals surface area contributed by atoms with Crippen molar-refractivity contribution in [3.05, 3.63) is 29.8 Å². The maximum atomic E-state index is 12.5. The van der Waals surface area contributed by atoms with Crippen LogP contribution in [0.15, 0.2) is 29.2 Å². The Bertz CT molecular complexity index is 726. The molecule has 0 atom stereocenters. The maximum absolute atomic E-state index is 12.5. The molecule has 7 nitrogen and oxygen atoms in total.